The van der Waals surface area contributed by atoms with Gasteiger partial charge in [-0.05, 0) is 6.92 Å². The van der Waals surface area contributed by atoms with E-state index >= 15 is 0 Å². The molecule has 14 heavy (non-hydrogen) atoms. The molecule has 1 aromatic heterocycles. The minimum Gasteiger partial charge on any atom is -0.459 e. The number of rotatable bonds is 4. The molecule has 0 atom stereocenters. The van der Waals surface area contributed by atoms with E-state index in [4.69, 9.17) is 4.74 Å². The second-order valence-electron chi connectivity index (χ2n) is 3.33. The van der Waals surface area contributed by atoms with Crippen LogP contribution in [0.1, 0.15) is 26.5 Å². The van der Waals surface area contributed by atoms with E-state index in [0.29, 0.717) is 5.69 Å². The van der Waals surface area contributed by atoms with Gasteiger partial charge in [0, 0.05) is 6.54 Å². The quantitative estimate of drug-likeness (QED) is 0.675. The highest BCUT2D eigenvalue weighted by Gasteiger charge is 2.09. The lowest BCUT2D eigenvalue weighted by Gasteiger charge is -2.03. The van der Waals surface area contributed by atoms with Gasteiger partial charge in [-0.3, -0.25) is 9.48 Å². The van der Waals surface area contributed by atoms with Gasteiger partial charge in [0.2, 0.25) is 0 Å². The van der Waals surface area contributed by atoms with Crippen LogP contribution in [0.2, 0.25) is 0 Å². The highest BCUT2D eigenvalue weighted by molar-refractivity contribution is 5.71. The Kier molecular flexibility index (Phi) is 3.62. The lowest BCUT2D eigenvalue weighted by atomic mass is 10.2. The van der Waals surface area contributed by atoms with E-state index in [1.165, 1.54) is 0 Å². The normalized spacial score (nSPS) is 10.6. The summed E-state index contributed by atoms with van der Waals surface area (Å²) in [4.78, 5) is 11.1. The van der Waals surface area contributed by atoms with Crippen molar-refractivity contribution < 1.29 is 9.53 Å². The number of hydrogen-bond donors (Lipinski definition) is 0. The summed E-state index contributed by atoms with van der Waals surface area (Å²) < 4.78 is 6.69. The van der Waals surface area contributed by atoms with Crippen molar-refractivity contribution in [3.63, 3.8) is 0 Å². The summed E-state index contributed by atoms with van der Waals surface area (Å²) in [5, 5.41) is 7.69. The molecule has 0 bridgehead atoms. The van der Waals surface area contributed by atoms with E-state index in [2.05, 4.69) is 10.3 Å². The summed E-state index contributed by atoms with van der Waals surface area (Å²) in [6.07, 6.45) is 1.77. The van der Waals surface area contributed by atoms with Crippen molar-refractivity contribution in [3.8, 4) is 0 Å². The zero-order valence-electron chi connectivity index (χ0n) is 8.73. The SMILES string of the molecule is CCn1cc(COC(=O)C(C)C)nn1. The van der Waals surface area contributed by atoms with Crippen molar-refractivity contribution in [1.82, 2.24) is 15.0 Å². The Balaban J connectivity index is 2.41. The predicted octanol–water partition coefficient (Wildman–Crippen LogP) is 0.997. The average Bonchev–Trinajstić information content (AvgIpc) is 2.61. The maximum absolute atomic E-state index is 11.1. The largest absolute Gasteiger partial charge is 0.459 e. The molecule has 0 saturated carbocycles. The average molecular weight is 197 g/mol. The highest BCUT2D eigenvalue weighted by Crippen LogP contribution is 2.01. The first-order valence-corrected chi connectivity index (χ1v) is 4.69. The fourth-order valence-electron chi connectivity index (χ4n) is 0.871. The molecule has 0 aromatic carbocycles. The second kappa shape index (κ2) is 4.74. The van der Waals surface area contributed by atoms with Crippen molar-refractivity contribution in [2.75, 3.05) is 0 Å². The van der Waals surface area contributed by atoms with E-state index < -0.39 is 0 Å². The molecule has 0 amide bonds. The third-order valence-electron chi connectivity index (χ3n) is 1.74. The fraction of sp³-hybridized carbons (Fsp3) is 0.667. The Labute approximate surface area is 83.1 Å². The van der Waals surface area contributed by atoms with E-state index in [1.807, 2.05) is 6.92 Å². The lowest BCUT2D eigenvalue weighted by molar-refractivity contribution is -0.148. The predicted molar refractivity (Wildman–Crippen MR) is 50.3 cm³/mol. The number of hydrogen-bond acceptors (Lipinski definition) is 4. The van der Waals surface area contributed by atoms with Gasteiger partial charge in [0.05, 0.1) is 12.1 Å². The zero-order chi connectivity index (χ0) is 10.6. The third-order valence-corrected chi connectivity index (χ3v) is 1.74. The van der Waals surface area contributed by atoms with Gasteiger partial charge in [-0.1, -0.05) is 19.1 Å². The molecular weight excluding hydrogens is 182 g/mol. The Morgan fingerprint density at radius 1 is 1.64 bits per heavy atom. The van der Waals surface area contributed by atoms with E-state index in [1.54, 1.807) is 24.7 Å². The van der Waals surface area contributed by atoms with Crippen molar-refractivity contribution in [2.45, 2.75) is 33.9 Å². The van der Waals surface area contributed by atoms with Crippen LogP contribution in [0.5, 0.6) is 0 Å². The van der Waals surface area contributed by atoms with Crippen LogP contribution in [0.3, 0.4) is 0 Å². The summed E-state index contributed by atoms with van der Waals surface area (Å²) in [5.41, 5.74) is 0.681. The minimum absolute atomic E-state index is 0.101. The molecule has 5 heteroatoms. The fourth-order valence-corrected chi connectivity index (χ4v) is 0.871. The smallest absolute Gasteiger partial charge is 0.308 e. The highest BCUT2D eigenvalue weighted by atomic mass is 16.5. The zero-order valence-corrected chi connectivity index (χ0v) is 8.73. The van der Waals surface area contributed by atoms with Crippen LogP contribution in [-0.4, -0.2) is 21.0 Å². The summed E-state index contributed by atoms with van der Waals surface area (Å²) in [6, 6.07) is 0. The molecule has 1 aromatic rings. The van der Waals surface area contributed by atoms with Crippen LogP contribution >= 0.6 is 0 Å². The van der Waals surface area contributed by atoms with Gasteiger partial charge in [0.1, 0.15) is 12.3 Å². The summed E-state index contributed by atoms with van der Waals surface area (Å²) >= 11 is 0. The molecule has 0 radical (unpaired) electrons. The molecule has 0 spiro atoms. The molecule has 0 fully saturated rings. The Morgan fingerprint density at radius 3 is 2.86 bits per heavy atom. The topological polar surface area (TPSA) is 57.0 Å². The Bertz CT molecular complexity index is 307. The number of aromatic nitrogens is 3. The number of carbonyl (C=O) groups is 1. The molecule has 0 N–H and O–H groups in total. The van der Waals surface area contributed by atoms with E-state index in [9.17, 15) is 4.79 Å². The molecule has 0 aliphatic carbocycles. The molecular formula is C9H15N3O2. The maximum atomic E-state index is 11.1. The van der Waals surface area contributed by atoms with Crippen molar-refractivity contribution in [1.29, 1.82) is 0 Å². The molecule has 0 aliphatic heterocycles. The van der Waals surface area contributed by atoms with Gasteiger partial charge in [0.15, 0.2) is 0 Å². The lowest BCUT2D eigenvalue weighted by Crippen LogP contribution is -2.11. The molecule has 0 aliphatic rings. The van der Waals surface area contributed by atoms with Crippen molar-refractivity contribution in [3.05, 3.63) is 11.9 Å². The molecule has 0 unspecified atom stereocenters. The first-order chi connectivity index (χ1) is 6.63. The van der Waals surface area contributed by atoms with Gasteiger partial charge in [0.25, 0.3) is 0 Å². The number of nitrogens with zero attached hydrogens (tertiary/aromatic N) is 3. The van der Waals surface area contributed by atoms with Crippen LogP contribution in [0.4, 0.5) is 0 Å². The molecule has 78 valence electrons. The number of aryl methyl sites for hydroxylation is 1. The monoisotopic (exact) mass is 197 g/mol. The first kappa shape index (κ1) is 10.7. The summed E-state index contributed by atoms with van der Waals surface area (Å²) in [7, 11) is 0. The molecule has 1 rings (SSSR count). The van der Waals surface area contributed by atoms with Gasteiger partial charge < -0.3 is 4.74 Å². The van der Waals surface area contributed by atoms with Crippen LogP contribution in [0.25, 0.3) is 0 Å². The van der Waals surface area contributed by atoms with Crippen LogP contribution in [-0.2, 0) is 22.7 Å². The van der Waals surface area contributed by atoms with Gasteiger partial charge >= 0.3 is 5.97 Å². The molecule has 5 nitrogen and oxygen atoms in total. The van der Waals surface area contributed by atoms with E-state index in [-0.39, 0.29) is 18.5 Å². The third kappa shape index (κ3) is 2.83. The number of esters is 1. The number of ether oxygens (including phenoxy) is 1. The summed E-state index contributed by atoms with van der Waals surface area (Å²) in [6.45, 7) is 6.54. The standard InChI is InChI=1S/C9H15N3O2/c1-4-12-5-8(10-11-12)6-14-9(13)7(2)3/h5,7H,4,6H2,1-3H3. The first-order valence-electron chi connectivity index (χ1n) is 4.69. The Morgan fingerprint density at radius 2 is 2.36 bits per heavy atom. The van der Waals surface area contributed by atoms with Crippen LogP contribution in [0, 0.1) is 5.92 Å². The molecule has 0 saturated heterocycles. The van der Waals surface area contributed by atoms with Crippen LogP contribution in [0.15, 0.2) is 6.20 Å². The van der Waals surface area contributed by atoms with Gasteiger partial charge in [-0.25, -0.2) is 0 Å². The van der Waals surface area contributed by atoms with Crippen LogP contribution < -0.4 is 0 Å². The Hall–Kier alpha value is -1.39. The van der Waals surface area contributed by atoms with Gasteiger partial charge in [-0.15, -0.1) is 5.10 Å². The maximum Gasteiger partial charge on any atom is 0.308 e. The van der Waals surface area contributed by atoms with E-state index in [0.717, 1.165) is 6.54 Å². The summed E-state index contributed by atoms with van der Waals surface area (Å²) in [5.74, 6) is -0.313. The second-order valence-corrected chi connectivity index (χ2v) is 3.33. The molecule has 1 heterocycles. The van der Waals surface area contributed by atoms with Crippen molar-refractivity contribution >= 4 is 5.97 Å². The van der Waals surface area contributed by atoms with Gasteiger partial charge in [-0.2, -0.15) is 0 Å². The number of carbonyl (C=O) groups excluding carboxylic acids is 1. The minimum atomic E-state index is -0.212. The van der Waals surface area contributed by atoms with Crippen molar-refractivity contribution in [2.24, 2.45) is 5.92 Å².